The summed E-state index contributed by atoms with van der Waals surface area (Å²) in [6, 6.07) is 33.4. The molecule has 4 heteroatoms. The molecule has 186 valence electrons. The van der Waals surface area contributed by atoms with Gasteiger partial charge in [-0.2, -0.15) is 0 Å². The summed E-state index contributed by atoms with van der Waals surface area (Å²) < 4.78 is 10.8. The highest BCUT2D eigenvalue weighted by Gasteiger charge is 2.13. The lowest BCUT2D eigenvalue weighted by Crippen LogP contribution is -2.10. The Bertz CT molecular complexity index is 1340. The number of aryl methyl sites for hydroxylation is 2. The van der Waals surface area contributed by atoms with Gasteiger partial charge in [0.2, 0.25) is 0 Å². The predicted octanol–water partition coefficient (Wildman–Crippen LogP) is 8.45. The molecule has 0 N–H and O–H groups in total. The monoisotopic (exact) mass is 489 g/mol. The van der Waals surface area contributed by atoms with Crippen molar-refractivity contribution in [3.63, 3.8) is 0 Å². The van der Waals surface area contributed by atoms with Crippen LogP contribution in [0.3, 0.4) is 0 Å². The second kappa shape index (κ2) is 11.4. The smallest absolute Gasteiger partial charge is 0.338 e. The first-order valence-electron chi connectivity index (χ1n) is 12.1. The van der Waals surface area contributed by atoms with Crippen molar-refractivity contribution in [3.8, 4) is 16.9 Å². The topological polar surface area (TPSA) is 38.8 Å². The Balaban J connectivity index is 1.49. The van der Waals surface area contributed by atoms with Gasteiger partial charge in [0.25, 0.3) is 0 Å². The van der Waals surface area contributed by atoms with Crippen LogP contribution in [-0.4, -0.2) is 12.6 Å². The Morgan fingerprint density at radius 1 is 0.676 bits per heavy atom. The molecular weight excluding hydrogens is 458 g/mol. The van der Waals surface area contributed by atoms with E-state index in [1.807, 2.05) is 24.3 Å². The first-order chi connectivity index (χ1) is 17.8. The molecular formula is C33H31NO3. The van der Waals surface area contributed by atoms with Crippen molar-refractivity contribution in [2.24, 2.45) is 0 Å². The number of nitrogens with zero attached hydrogens (tertiary/aromatic N) is 1. The zero-order valence-corrected chi connectivity index (χ0v) is 21.5. The second-order valence-electron chi connectivity index (χ2n) is 9.07. The molecule has 0 radical (unpaired) electrons. The van der Waals surface area contributed by atoms with E-state index in [2.05, 4.69) is 105 Å². The Kier molecular flexibility index (Phi) is 7.89. The molecule has 4 aromatic carbocycles. The largest absolute Gasteiger partial charge is 0.486 e. The molecule has 0 atom stereocenters. The van der Waals surface area contributed by atoms with Gasteiger partial charge >= 0.3 is 5.97 Å². The molecule has 0 aromatic heterocycles. The van der Waals surface area contributed by atoms with Gasteiger partial charge in [0, 0.05) is 22.6 Å². The third kappa shape index (κ3) is 6.56. The van der Waals surface area contributed by atoms with Crippen LogP contribution in [-0.2, 0) is 9.53 Å². The number of carbonyl (C=O) groups is 1. The third-order valence-electron chi connectivity index (χ3n) is 5.88. The fourth-order valence-electron chi connectivity index (χ4n) is 3.79. The maximum atomic E-state index is 11.6. The minimum Gasteiger partial charge on any atom is -0.486 e. The van der Waals surface area contributed by atoms with Crippen LogP contribution in [0.4, 0.5) is 17.1 Å². The normalized spacial score (nSPS) is 10.5. The van der Waals surface area contributed by atoms with Gasteiger partial charge in [0.05, 0.1) is 0 Å². The molecule has 0 aliphatic rings. The number of rotatable bonds is 9. The van der Waals surface area contributed by atoms with E-state index in [-0.39, 0.29) is 12.4 Å². The summed E-state index contributed by atoms with van der Waals surface area (Å²) in [5.74, 6) is 0.396. The van der Waals surface area contributed by atoms with Crippen molar-refractivity contribution < 1.29 is 14.3 Å². The summed E-state index contributed by atoms with van der Waals surface area (Å²) in [5, 5.41) is 0. The lowest BCUT2D eigenvalue weighted by molar-refractivity contribution is -0.135. The molecule has 0 fully saturated rings. The summed E-state index contributed by atoms with van der Waals surface area (Å²) in [7, 11) is 0. The van der Waals surface area contributed by atoms with Crippen LogP contribution in [0.2, 0.25) is 0 Å². The Morgan fingerprint density at radius 3 is 1.51 bits per heavy atom. The van der Waals surface area contributed by atoms with Crippen LogP contribution in [0.5, 0.6) is 5.75 Å². The Hall–Kier alpha value is -4.57. The summed E-state index contributed by atoms with van der Waals surface area (Å²) in [4.78, 5) is 13.8. The molecule has 4 rings (SSSR count). The van der Waals surface area contributed by atoms with Crippen molar-refractivity contribution >= 4 is 23.0 Å². The number of benzene rings is 4. The van der Waals surface area contributed by atoms with E-state index in [1.54, 1.807) is 6.92 Å². The minimum atomic E-state index is -0.504. The number of carbonyl (C=O) groups excluding carboxylic acids is 1. The third-order valence-corrected chi connectivity index (χ3v) is 5.88. The average Bonchev–Trinajstić information content (AvgIpc) is 2.90. The lowest BCUT2D eigenvalue weighted by atomic mass is 10.0. The molecule has 0 amide bonds. The number of hydrogen-bond acceptors (Lipinski definition) is 4. The molecule has 0 unspecified atom stereocenters. The summed E-state index contributed by atoms with van der Waals surface area (Å²) in [6.45, 7) is 13.1. The summed E-state index contributed by atoms with van der Waals surface area (Å²) in [5.41, 5.74) is 8.25. The van der Waals surface area contributed by atoms with E-state index in [1.165, 1.54) is 11.1 Å². The Labute approximate surface area is 219 Å². The van der Waals surface area contributed by atoms with Crippen molar-refractivity contribution in [3.05, 3.63) is 133 Å². The first kappa shape index (κ1) is 25.5. The van der Waals surface area contributed by atoms with Gasteiger partial charge < -0.3 is 14.4 Å². The molecule has 0 saturated heterocycles. The molecule has 0 spiro atoms. The van der Waals surface area contributed by atoms with Crippen LogP contribution in [0, 0.1) is 13.8 Å². The number of esters is 1. The van der Waals surface area contributed by atoms with E-state index in [9.17, 15) is 4.79 Å². The first-order valence-corrected chi connectivity index (χ1v) is 12.1. The lowest BCUT2D eigenvalue weighted by Gasteiger charge is -2.26. The highest BCUT2D eigenvalue weighted by atomic mass is 16.6. The van der Waals surface area contributed by atoms with Crippen molar-refractivity contribution in [2.45, 2.75) is 20.8 Å². The maximum Gasteiger partial charge on any atom is 0.338 e. The standard InChI is InChI=1S/C33H31NO3/c1-23(2)33(35)37-26(5)22-36-32-20-12-28(13-21-32)27-10-18-31(19-11-27)34(29-14-6-24(3)7-15-29)30-16-8-25(4)9-17-30/h6-21H,1,5,22H2,2-4H3. The van der Waals surface area contributed by atoms with Gasteiger partial charge in [-0.3, -0.25) is 0 Å². The SMILES string of the molecule is C=C(COc1ccc(-c2ccc(N(c3ccc(C)cc3)c3ccc(C)cc3)cc2)cc1)OC(=O)C(=C)C. The molecule has 0 aliphatic carbocycles. The molecule has 0 heterocycles. The second-order valence-corrected chi connectivity index (χ2v) is 9.07. The highest BCUT2D eigenvalue weighted by molar-refractivity contribution is 5.87. The number of ether oxygens (including phenoxy) is 2. The van der Waals surface area contributed by atoms with Gasteiger partial charge in [-0.1, -0.05) is 72.8 Å². The van der Waals surface area contributed by atoms with Crippen molar-refractivity contribution in [1.82, 2.24) is 0 Å². The van der Waals surface area contributed by atoms with E-state index in [0.29, 0.717) is 11.3 Å². The van der Waals surface area contributed by atoms with Crippen LogP contribution < -0.4 is 9.64 Å². The highest BCUT2D eigenvalue weighted by Crippen LogP contribution is 2.36. The van der Waals surface area contributed by atoms with E-state index in [4.69, 9.17) is 9.47 Å². The predicted molar refractivity (Wildman–Crippen MR) is 152 cm³/mol. The van der Waals surface area contributed by atoms with Crippen molar-refractivity contribution in [2.75, 3.05) is 11.5 Å². The number of anilines is 3. The molecule has 0 saturated carbocycles. The Morgan fingerprint density at radius 2 is 1.08 bits per heavy atom. The summed E-state index contributed by atoms with van der Waals surface area (Å²) in [6.07, 6.45) is 0. The van der Waals surface area contributed by atoms with Crippen LogP contribution in [0.15, 0.2) is 122 Å². The quantitative estimate of drug-likeness (QED) is 0.134. The van der Waals surface area contributed by atoms with Gasteiger partial charge in [-0.25, -0.2) is 4.79 Å². The van der Waals surface area contributed by atoms with Crippen LogP contribution in [0.25, 0.3) is 11.1 Å². The molecule has 0 aliphatic heterocycles. The van der Waals surface area contributed by atoms with E-state index in [0.717, 1.165) is 28.2 Å². The van der Waals surface area contributed by atoms with Crippen LogP contribution in [0.1, 0.15) is 18.1 Å². The summed E-state index contributed by atoms with van der Waals surface area (Å²) >= 11 is 0. The zero-order valence-electron chi connectivity index (χ0n) is 21.5. The minimum absolute atomic E-state index is 0.0842. The van der Waals surface area contributed by atoms with Gasteiger partial charge in [-0.05, 0) is 80.4 Å². The maximum absolute atomic E-state index is 11.6. The molecule has 0 bridgehead atoms. The van der Waals surface area contributed by atoms with Gasteiger partial charge in [-0.15, -0.1) is 0 Å². The fraction of sp³-hybridized carbons (Fsp3) is 0.121. The molecule has 4 aromatic rings. The average molecular weight is 490 g/mol. The van der Waals surface area contributed by atoms with E-state index < -0.39 is 5.97 Å². The van der Waals surface area contributed by atoms with E-state index >= 15 is 0 Å². The van der Waals surface area contributed by atoms with Gasteiger partial charge in [0.1, 0.15) is 18.1 Å². The molecule has 4 nitrogen and oxygen atoms in total. The number of hydrogen-bond donors (Lipinski definition) is 0. The van der Waals surface area contributed by atoms with Crippen molar-refractivity contribution in [1.29, 1.82) is 0 Å². The van der Waals surface area contributed by atoms with Crippen LogP contribution >= 0.6 is 0 Å². The van der Waals surface area contributed by atoms with Gasteiger partial charge in [0.15, 0.2) is 0 Å². The molecule has 37 heavy (non-hydrogen) atoms. The zero-order chi connectivity index (χ0) is 26.4. The fourth-order valence-corrected chi connectivity index (χ4v) is 3.79.